The molecule has 114 valence electrons. The van der Waals surface area contributed by atoms with Crippen molar-refractivity contribution in [3.05, 3.63) is 0 Å². The van der Waals surface area contributed by atoms with Gasteiger partial charge in [-0.25, -0.2) is 0 Å². The molecule has 0 saturated heterocycles. The highest BCUT2D eigenvalue weighted by Gasteiger charge is 2.66. The predicted molar refractivity (Wildman–Crippen MR) is 74.3 cm³/mol. The Hall–Kier alpha value is -1.10. The van der Waals surface area contributed by atoms with Crippen LogP contribution in [0.4, 0.5) is 0 Å². The molecule has 0 radical (unpaired) electrons. The van der Waals surface area contributed by atoms with Crippen molar-refractivity contribution in [2.75, 3.05) is 26.3 Å². The molecule has 0 aliphatic heterocycles. The van der Waals surface area contributed by atoms with E-state index in [-0.39, 0.29) is 11.8 Å². The fraction of sp³-hybridized carbons (Fsp3) is 0.867. The monoisotopic (exact) mass is 283 g/mol. The smallest absolute Gasteiger partial charge is 0.308 e. The van der Waals surface area contributed by atoms with Gasteiger partial charge in [-0.1, -0.05) is 6.92 Å². The summed E-state index contributed by atoms with van der Waals surface area (Å²) in [5.41, 5.74) is 0.321. The summed E-state index contributed by atoms with van der Waals surface area (Å²) in [5, 5.41) is 9.03. The Morgan fingerprint density at radius 1 is 1.45 bits per heavy atom. The summed E-state index contributed by atoms with van der Waals surface area (Å²) < 4.78 is 5.29. The number of carboxylic acid groups (broad SMARTS) is 1. The molecular weight excluding hydrogens is 258 g/mol. The number of rotatable bonds is 9. The molecule has 0 aromatic rings. The van der Waals surface area contributed by atoms with Gasteiger partial charge in [-0.2, -0.15) is 0 Å². The highest BCUT2D eigenvalue weighted by Crippen LogP contribution is 2.70. The standard InChI is InChI=1S/C15H25NO4/c1-3-20-8-4-7-16(10-11(2)14(18)19)13(17)12-9-15(12)5-6-15/h11-12H,3-10H2,1-2H3,(H,18,19). The molecule has 2 unspecified atom stereocenters. The lowest BCUT2D eigenvalue weighted by Crippen LogP contribution is -2.39. The second-order valence-corrected chi connectivity index (χ2v) is 6.19. The molecule has 1 N–H and O–H groups in total. The quantitative estimate of drug-likeness (QED) is 0.655. The molecule has 2 aliphatic rings. The lowest BCUT2D eigenvalue weighted by molar-refractivity contribution is -0.143. The summed E-state index contributed by atoms with van der Waals surface area (Å²) in [4.78, 5) is 25.2. The summed E-state index contributed by atoms with van der Waals surface area (Å²) in [6, 6.07) is 0. The van der Waals surface area contributed by atoms with Crippen molar-refractivity contribution in [3.63, 3.8) is 0 Å². The Bertz CT molecular complexity index is 378. The first kappa shape index (κ1) is 15.3. The Balaban J connectivity index is 1.85. The van der Waals surface area contributed by atoms with Gasteiger partial charge >= 0.3 is 5.97 Å². The zero-order valence-corrected chi connectivity index (χ0v) is 12.4. The number of carbonyl (C=O) groups excluding carboxylic acids is 1. The maximum Gasteiger partial charge on any atom is 0.308 e. The van der Waals surface area contributed by atoms with Crippen molar-refractivity contribution >= 4 is 11.9 Å². The van der Waals surface area contributed by atoms with Gasteiger partial charge in [-0.05, 0) is 38.0 Å². The number of carbonyl (C=O) groups is 2. The SMILES string of the molecule is CCOCCCN(CC(C)C(=O)O)C(=O)C1CC12CC2. The highest BCUT2D eigenvalue weighted by molar-refractivity contribution is 5.84. The van der Waals surface area contributed by atoms with Crippen LogP contribution in [0.25, 0.3) is 0 Å². The van der Waals surface area contributed by atoms with E-state index in [9.17, 15) is 9.59 Å². The molecule has 1 amide bonds. The number of hydrogen-bond donors (Lipinski definition) is 1. The van der Waals surface area contributed by atoms with Crippen LogP contribution in [-0.4, -0.2) is 48.2 Å². The van der Waals surface area contributed by atoms with Crippen LogP contribution in [0.5, 0.6) is 0 Å². The van der Waals surface area contributed by atoms with E-state index in [2.05, 4.69) is 0 Å². The average Bonchev–Trinajstić information content (AvgIpc) is 3.33. The van der Waals surface area contributed by atoms with Crippen molar-refractivity contribution in [2.45, 2.75) is 39.5 Å². The maximum absolute atomic E-state index is 12.5. The van der Waals surface area contributed by atoms with E-state index in [0.29, 0.717) is 31.7 Å². The minimum absolute atomic E-state index is 0.159. The molecule has 2 rings (SSSR count). The third-order valence-corrected chi connectivity index (χ3v) is 4.53. The van der Waals surface area contributed by atoms with Crippen molar-refractivity contribution in [3.8, 4) is 0 Å². The normalized spacial score (nSPS) is 23.4. The minimum atomic E-state index is -0.843. The summed E-state index contributed by atoms with van der Waals surface area (Å²) in [5.74, 6) is -1.04. The highest BCUT2D eigenvalue weighted by atomic mass is 16.5. The number of aliphatic carboxylic acids is 1. The fourth-order valence-electron chi connectivity index (χ4n) is 2.83. The molecule has 2 fully saturated rings. The van der Waals surface area contributed by atoms with Crippen LogP contribution in [0.3, 0.4) is 0 Å². The summed E-state index contributed by atoms with van der Waals surface area (Å²) in [6.07, 6.45) is 4.12. The van der Waals surface area contributed by atoms with Crippen LogP contribution in [-0.2, 0) is 14.3 Å². The maximum atomic E-state index is 12.5. The predicted octanol–water partition coefficient (Wildman–Crippen LogP) is 1.76. The lowest BCUT2D eigenvalue weighted by Gasteiger charge is -2.25. The van der Waals surface area contributed by atoms with E-state index >= 15 is 0 Å². The summed E-state index contributed by atoms with van der Waals surface area (Å²) >= 11 is 0. The Morgan fingerprint density at radius 2 is 2.15 bits per heavy atom. The number of hydrogen-bond acceptors (Lipinski definition) is 3. The average molecular weight is 283 g/mol. The van der Waals surface area contributed by atoms with Gasteiger partial charge in [-0.3, -0.25) is 9.59 Å². The van der Waals surface area contributed by atoms with E-state index in [1.54, 1.807) is 11.8 Å². The summed E-state index contributed by atoms with van der Waals surface area (Å²) in [7, 11) is 0. The minimum Gasteiger partial charge on any atom is -0.481 e. The molecule has 5 heteroatoms. The van der Waals surface area contributed by atoms with Gasteiger partial charge < -0.3 is 14.7 Å². The Kier molecular flexibility index (Phi) is 4.68. The van der Waals surface area contributed by atoms with Crippen LogP contribution in [0.2, 0.25) is 0 Å². The van der Waals surface area contributed by atoms with Gasteiger partial charge in [0.05, 0.1) is 5.92 Å². The van der Waals surface area contributed by atoms with Crippen molar-refractivity contribution in [1.82, 2.24) is 4.90 Å². The van der Waals surface area contributed by atoms with Gasteiger partial charge in [0.15, 0.2) is 0 Å². The zero-order chi connectivity index (χ0) is 14.8. The molecular formula is C15H25NO4. The van der Waals surface area contributed by atoms with E-state index < -0.39 is 11.9 Å². The second kappa shape index (κ2) is 6.12. The number of carboxylic acids is 1. The number of amides is 1. The first-order chi connectivity index (χ1) is 9.50. The van der Waals surface area contributed by atoms with E-state index in [1.165, 1.54) is 12.8 Å². The molecule has 20 heavy (non-hydrogen) atoms. The second-order valence-electron chi connectivity index (χ2n) is 6.19. The molecule has 0 aromatic heterocycles. The Labute approximate surface area is 120 Å². The van der Waals surface area contributed by atoms with Crippen molar-refractivity contribution in [2.24, 2.45) is 17.3 Å². The van der Waals surface area contributed by atoms with Crippen LogP contribution in [0, 0.1) is 17.3 Å². The van der Waals surface area contributed by atoms with Crippen LogP contribution < -0.4 is 0 Å². The first-order valence-corrected chi connectivity index (χ1v) is 7.59. The molecule has 0 bridgehead atoms. The largest absolute Gasteiger partial charge is 0.481 e. The fourth-order valence-corrected chi connectivity index (χ4v) is 2.83. The van der Waals surface area contributed by atoms with Gasteiger partial charge in [0.1, 0.15) is 0 Å². The van der Waals surface area contributed by atoms with Crippen LogP contribution in [0.15, 0.2) is 0 Å². The molecule has 2 atom stereocenters. The zero-order valence-electron chi connectivity index (χ0n) is 12.4. The molecule has 2 saturated carbocycles. The molecule has 0 heterocycles. The third-order valence-electron chi connectivity index (χ3n) is 4.53. The third kappa shape index (κ3) is 3.51. The van der Waals surface area contributed by atoms with Gasteiger partial charge in [0, 0.05) is 32.2 Å². The van der Waals surface area contributed by atoms with Gasteiger partial charge in [0.2, 0.25) is 5.91 Å². The molecule has 5 nitrogen and oxygen atoms in total. The molecule has 2 aliphatic carbocycles. The van der Waals surface area contributed by atoms with E-state index in [1.807, 2.05) is 6.92 Å². The van der Waals surface area contributed by atoms with E-state index in [4.69, 9.17) is 9.84 Å². The number of ether oxygens (including phenoxy) is 1. The topological polar surface area (TPSA) is 66.8 Å². The van der Waals surface area contributed by atoms with Crippen LogP contribution in [0.1, 0.15) is 39.5 Å². The van der Waals surface area contributed by atoms with Crippen molar-refractivity contribution < 1.29 is 19.4 Å². The molecule has 0 aromatic carbocycles. The Morgan fingerprint density at radius 3 is 2.65 bits per heavy atom. The number of nitrogens with zero attached hydrogens (tertiary/aromatic N) is 1. The molecule has 1 spiro atoms. The van der Waals surface area contributed by atoms with Crippen LogP contribution >= 0.6 is 0 Å². The lowest BCUT2D eigenvalue weighted by atomic mass is 10.1. The summed E-state index contributed by atoms with van der Waals surface area (Å²) in [6.45, 7) is 5.81. The van der Waals surface area contributed by atoms with Gasteiger partial charge in [-0.15, -0.1) is 0 Å². The van der Waals surface area contributed by atoms with Gasteiger partial charge in [0.25, 0.3) is 0 Å². The first-order valence-electron chi connectivity index (χ1n) is 7.59. The van der Waals surface area contributed by atoms with Crippen molar-refractivity contribution in [1.29, 1.82) is 0 Å². The van der Waals surface area contributed by atoms with E-state index in [0.717, 1.165) is 12.8 Å².